The van der Waals surface area contributed by atoms with Crippen LogP contribution in [0.25, 0.3) is 37.8 Å². The molecule has 5 aliphatic rings. The number of halogens is 3. The molecule has 0 N–H and O–H groups in total. The standard InChI is InChI=1S/C43H43F3N8O3/c1-3-32-35(45)13-10-27-7-4-8-33(37(27)32)39-38(46)40-34(21-48-39)41(50-42(49-40)57-26-43-14-6-15-52(43)22-28(44)19-43)51-17-18-54(31(23-51)20-47-2)36(55)9-5-16-53-29-11-12-30(53)25-56-24-29/h1,4-5,7-10,13,21,28-31H,6,11-12,14-20,22-26H2/b9-5+/t28-,29-,30+,31+,43+/m1/s1. The van der Waals surface area contributed by atoms with Crippen LogP contribution in [0.3, 0.4) is 0 Å². The number of ether oxygens (including phenoxy) is 2. The maximum atomic E-state index is 17.1. The smallest absolute Gasteiger partial charge is 0.319 e. The number of rotatable bonds is 9. The molecular formula is C43H43F3N8O3. The molecule has 5 fully saturated rings. The molecule has 5 atom stereocenters. The summed E-state index contributed by atoms with van der Waals surface area (Å²) in [6, 6.07) is 8.22. The predicted octanol–water partition coefficient (Wildman–Crippen LogP) is 5.42. The number of fused-ring (bicyclic) bond motifs is 5. The van der Waals surface area contributed by atoms with E-state index in [2.05, 4.69) is 30.5 Å². The lowest BCUT2D eigenvalue weighted by atomic mass is 9.95. The first-order chi connectivity index (χ1) is 27.8. The van der Waals surface area contributed by atoms with Gasteiger partial charge >= 0.3 is 6.01 Å². The highest BCUT2D eigenvalue weighted by molar-refractivity contribution is 6.02. The van der Waals surface area contributed by atoms with Crippen molar-refractivity contribution in [2.75, 3.05) is 70.5 Å². The van der Waals surface area contributed by atoms with Crippen molar-refractivity contribution in [2.24, 2.45) is 0 Å². The zero-order chi connectivity index (χ0) is 39.3. The molecule has 11 nitrogen and oxygen atoms in total. The van der Waals surface area contributed by atoms with Crippen LogP contribution in [-0.2, 0) is 9.53 Å². The number of benzene rings is 2. The number of piperazine rings is 1. The van der Waals surface area contributed by atoms with E-state index in [1.807, 2.05) is 11.0 Å². The molecule has 2 bridgehead atoms. The van der Waals surface area contributed by atoms with Gasteiger partial charge in [-0.05, 0) is 43.7 Å². The fraction of sp³-hybridized carbons (Fsp3) is 0.465. The lowest BCUT2D eigenvalue weighted by Crippen LogP contribution is -2.56. The highest BCUT2D eigenvalue weighted by atomic mass is 19.1. The summed E-state index contributed by atoms with van der Waals surface area (Å²) in [5.41, 5.74) is -0.325. The number of aromatic nitrogens is 3. The van der Waals surface area contributed by atoms with Gasteiger partial charge in [0, 0.05) is 74.5 Å². The SMILES string of the molecule is [C-]#[N+]C[C@H]1CN(c2nc(OC[C@@]34CCCN3C[C@H](F)C4)nc3c(F)c(-c4cccc5ccc(F)c(C#C)c45)ncc23)CCN1C(=O)/C=C/CN1[C@@H]2CC[C@H]1COC2. The van der Waals surface area contributed by atoms with Crippen LogP contribution in [0.5, 0.6) is 6.01 Å². The number of hydrogen-bond acceptors (Lipinski definition) is 9. The lowest BCUT2D eigenvalue weighted by molar-refractivity contribution is -0.128. The van der Waals surface area contributed by atoms with Gasteiger partial charge < -0.3 is 24.1 Å². The lowest BCUT2D eigenvalue weighted by Gasteiger charge is -2.39. The van der Waals surface area contributed by atoms with E-state index >= 15 is 4.39 Å². The van der Waals surface area contributed by atoms with Gasteiger partial charge in [-0.1, -0.05) is 36.3 Å². The summed E-state index contributed by atoms with van der Waals surface area (Å²) in [5.74, 6) is 1.23. The Balaban J connectivity index is 1.05. The van der Waals surface area contributed by atoms with Crippen LogP contribution < -0.4 is 9.64 Å². The summed E-state index contributed by atoms with van der Waals surface area (Å²) < 4.78 is 58.7. The number of carbonyl (C=O) groups is 1. The van der Waals surface area contributed by atoms with Crippen LogP contribution in [0.1, 0.15) is 37.7 Å². The number of anilines is 1. The Morgan fingerprint density at radius 3 is 2.77 bits per heavy atom. The van der Waals surface area contributed by atoms with Crippen LogP contribution in [0.4, 0.5) is 19.0 Å². The second kappa shape index (κ2) is 15.2. The van der Waals surface area contributed by atoms with E-state index in [1.54, 1.807) is 35.2 Å². The zero-order valence-corrected chi connectivity index (χ0v) is 31.5. The predicted molar refractivity (Wildman–Crippen MR) is 209 cm³/mol. The molecule has 4 aromatic rings. The quantitative estimate of drug-likeness (QED) is 0.126. The van der Waals surface area contributed by atoms with Gasteiger partial charge in [0.05, 0.1) is 29.7 Å². The topological polar surface area (TPSA) is 91.5 Å². The zero-order valence-electron chi connectivity index (χ0n) is 31.5. The molecule has 2 aromatic heterocycles. The highest BCUT2D eigenvalue weighted by Crippen LogP contribution is 2.41. The van der Waals surface area contributed by atoms with E-state index in [4.69, 9.17) is 27.5 Å². The van der Waals surface area contributed by atoms with Crippen molar-refractivity contribution in [3.05, 3.63) is 77.3 Å². The fourth-order valence-electron chi connectivity index (χ4n) is 9.84. The number of terminal acetylenes is 1. The molecule has 1 amide bonds. The van der Waals surface area contributed by atoms with Crippen molar-refractivity contribution in [3.8, 4) is 29.6 Å². The number of amides is 1. The molecule has 14 heteroatoms. The maximum Gasteiger partial charge on any atom is 0.319 e. The van der Waals surface area contributed by atoms with Crippen molar-refractivity contribution in [1.82, 2.24) is 29.7 Å². The van der Waals surface area contributed by atoms with Crippen molar-refractivity contribution in [3.63, 3.8) is 0 Å². The Kier molecular flexibility index (Phi) is 9.97. The van der Waals surface area contributed by atoms with Crippen molar-refractivity contribution >= 4 is 33.4 Å². The molecule has 0 saturated carbocycles. The third-order valence-corrected chi connectivity index (χ3v) is 12.6. The summed E-state index contributed by atoms with van der Waals surface area (Å²) >= 11 is 0. The molecule has 0 spiro atoms. The summed E-state index contributed by atoms with van der Waals surface area (Å²) in [4.78, 5) is 39.4. The third-order valence-electron chi connectivity index (χ3n) is 12.6. The number of morpholine rings is 1. The fourth-order valence-corrected chi connectivity index (χ4v) is 9.84. The van der Waals surface area contributed by atoms with E-state index in [-0.39, 0.29) is 48.4 Å². The molecule has 0 aliphatic carbocycles. The van der Waals surface area contributed by atoms with Crippen LogP contribution in [0.2, 0.25) is 0 Å². The highest BCUT2D eigenvalue weighted by Gasteiger charge is 2.49. The Hall–Kier alpha value is -5.28. The number of carbonyl (C=O) groups excluding carboxylic acids is 1. The number of hydrogen-bond donors (Lipinski definition) is 0. The molecule has 57 heavy (non-hydrogen) atoms. The van der Waals surface area contributed by atoms with Gasteiger partial charge in [-0.2, -0.15) is 9.97 Å². The molecular weight excluding hydrogens is 734 g/mol. The summed E-state index contributed by atoms with van der Waals surface area (Å²) in [6.45, 7) is 12.0. The molecule has 7 heterocycles. The molecule has 0 radical (unpaired) electrons. The van der Waals surface area contributed by atoms with Crippen molar-refractivity contribution in [1.29, 1.82) is 0 Å². The second-order valence-corrected chi connectivity index (χ2v) is 15.8. The van der Waals surface area contributed by atoms with Crippen molar-refractivity contribution < 1.29 is 27.4 Å². The third kappa shape index (κ3) is 6.73. The van der Waals surface area contributed by atoms with Crippen LogP contribution in [0.15, 0.2) is 48.7 Å². The van der Waals surface area contributed by atoms with Gasteiger partial charge in [-0.15, -0.1) is 6.42 Å². The normalized spacial score (nSPS) is 26.3. The average molecular weight is 777 g/mol. The number of pyridine rings is 1. The first kappa shape index (κ1) is 37.3. The molecule has 2 aromatic carbocycles. The van der Waals surface area contributed by atoms with E-state index in [0.717, 1.165) is 32.2 Å². The summed E-state index contributed by atoms with van der Waals surface area (Å²) in [7, 11) is 0. The molecule has 0 unspecified atom stereocenters. The first-order valence-corrected chi connectivity index (χ1v) is 19.7. The Morgan fingerprint density at radius 2 is 1.96 bits per heavy atom. The molecule has 294 valence electrons. The minimum atomic E-state index is -0.964. The van der Waals surface area contributed by atoms with Gasteiger partial charge in [0.15, 0.2) is 5.82 Å². The first-order valence-electron chi connectivity index (χ1n) is 19.7. The van der Waals surface area contributed by atoms with E-state index in [1.165, 1.54) is 12.3 Å². The molecule has 9 rings (SSSR count). The van der Waals surface area contributed by atoms with Crippen LogP contribution in [0, 0.1) is 30.6 Å². The van der Waals surface area contributed by atoms with Gasteiger partial charge in [-0.3, -0.25) is 19.6 Å². The second-order valence-electron chi connectivity index (χ2n) is 15.8. The van der Waals surface area contributed by atoms with E-state index < -0.39 is 29.4 Å². The van der Waals surface area contributed by atoms with Gasteiger partial charge in [0.1, 0.15) is 41.7 Å². The van der Waals surface area contributed by atoms with Gasteiger partial charge in [0.25, 0.3) is 0 Å². The van der Waals surface area contributed by atoms with Crippen LogP contribution in [-0.4, -0.2) is 131 Å². The summed E-state index contributed by atoms with van der Waals surface area (Å²) in [6.07, 6.45) is 14.0. The minimum Gasteiger partial charge on any atom is -0.461 e. The number of nitrogens with zero attached hydrogens (tertiary/aromatic N) is 8. The molecule has 5 aliphatic heterocycles. The Morgan fingerprint density at radius 1 is 1.12 bits per heavy atom. The number of alkyl halides is 1. The van der Waals surface area contributed by atoms with E-state index in [0.29, 0.717) is 85.4 Å². The molecule has 5 saturated heterocycles. The maximum absolute atomic E-state index is 17.1. The van der Waals surface area contributed by atoms with Crippen molar-refractivity contribution in [2.45, 2.75) is 61.9 Å². The van der Waals surface area contributed by atoms with Gasteiger partial charge in [0.2, 0.25) is 12.5 Å². The monoisotopic (exact) mass is 776 g/mol. The average Bonchev–Trinajstić information content (AvgIpc) is 3.81. The summed E-state index contributed by atoms with van der Waals surface area (Å²) in [5, 5.41) is 1.28. The van der Waals surface area contributed by atoms with E-state index in [9.17, 15) is 13.6 Å². The van der Waals surface area contributed by atoms with Crippen LogP contribution >= 0.6 is 0 Å². The minimum absolute atomic E-state index is 0.00113. The van der Waals surface area contributed by atoms with Gasteiger partial charge in [-0.25, -0.2) is 19.7 Å². The Bertz CT molecular complexity index is 2330. The Labute approximate surface area is 329 Å². The largest absolute Gasteiger partial charge is 0.461 e.